The summed E-state index contributed by atoms with van der Waals surface area (Å²) in [4.78, 5) is 12.2. The van der Waals surface area contributed by atoms with Crippen molar-refractivity contribution in [3.63, 3.8) is 0 Å². The van der Waals surface area contributed by atoms with Gasteiger partial charge in [-0.25, -0.2) is 0 Å². The molecule has 0 aliphatic heterocycles. The molecule has 5 heteroatoms. The molecule has 0 fully saturated rings. The molecule has 0 saturated heterocycles. The smallest absolute Gasteiger partial charge is 0.255 e. The van der Waals surface area contributed by atoms with Crippen molar-refractivity contribution in [2.45, 2.75) is 6.61 Å². The second-order valence-corrected chi connectivity index (χ2v) is 5.35. The van der Waals surface area contributed by atoms with Gasteiger partial charge in [0.15, 0.2) is 0 Å². The fraction of sp³-hybridized carbons (Fsp3) is 0.0556. The molecule has 0 radical (unpaired) electrons. The van der Waals surface area contributed by atoms with Gasteiger partial charge in [0.1, 0.15) is 18.1 Å². The Morgan fingerprint density at radius 1 is 1.09 bits per heavy atom. The zero-order valence-electron chi connectivity index (χ0n) is 12.1. The van der Waals surface area contributed by atoms with Gasteiger partial charge in [-0.1, -0.05) is 29.8 Å². The van der Waals surface area contributed by atoms with E-state index in [1.807, 2.05) is 18.2 Å². The molecule has 1 amide bonds. The first-order chi connectivity index (χ1) is 11.2. The highest BCUT2D eigenvalue weighted by Crippen LogP contribution is 2.32. The molecular weight excluding hydrogens is 314 g/mol. The highest BCUT2D eigenvalue weighted by atomic mass is 35.5. The van der Waals surface area contributed by atoms with Crippen LogP contribution in [0.3, 0.4) is 0 Å². The minimum Gasteiger partial charge on any atom is -0.459 e. The average Bonchev–Trinajstić information content (AvgIpc) is 3.06. The number of aliphatic hydroxyl groups excluding tert-OH is 1. The zero-order valence-corrected chi connectivity index (χ0v) is 12.9. The van der Waals surface area contributed by atoms with E-state index in [0.29, 0.717) is 33.4 Å². The van der Waals surface area contributed by atoms with Crippen LogP contribution >= 0.6 is 11.6 Å². The summed E-state index contributed by atoms with van der Waals surface area (Å²) < 4.78 is 5.50. The molecular formula is C18H14ClNO3. The van der Waals surface area contributed by atoms with Gasteiger partial charge in [0, 0.05) is 16.8 Å². The summed E-state index contributed by atoms with van der Waals surface area (Å²) >= 11 is 6.20. The minimum atomic E-state index is -0.200. The van der Waals surface area contributed by atoms with Gasteiger partial charge in [0.05, 0.1) is 5.02 Å². The number of anilines is 1. The Balaban J connectivity index is 1.87. The Morgan fingerprint density at radius 3 is 2.57 bits per heavy atom. The fourth-order valence-electron chi connectivity index (χ4n) is 2.19. The lowest BCUT2D eigenvalue weighted by molar-refractivity contribution is 0.102. The van der Waals surface area contributed by atoms with Crippen LogP contribution in [0.2, 0.25) is 5.02 Å². The first-order valence-electron chi connectivity index (χ1n) is 7.03. The van der Waals surface area contributed by atoms with E-state index in [2.05, 4.69) is 5.32 Å². The molecule has 3 aromatic rings. The van der Waals surface area contributed by atoms with Gasteiger partial charge in [-0.2, -0.15) is 0 Å². The fourth-order valence-corrected chi connectivity index (χ4v) is 2.40. The zero-order chi connectivity index (χ0) is 16.2. The van der Waals surface area contributed by atoms with Gasteiger partial charge < -0.3 is 14.8 Å². The highest BCUT2D eigenvalue weighted by molar-refractivity contribution is 6.33. The number of halogens is 1. The van der Waals surface area contributed by atoms with Crippen molar-refractivity contribution in [1.82, 2.24) is 0 Å². The summed E-state index contributed by atoms with van der Waals surface area (Å²) in [5.74, 6) is 0.791. The number of hydrogen-bond donors (Lipinski definition) is 2. The Kier molecular flexibility index (Phi) is 4.46. The first-order valence-corrected chi connectivity index (χ1v) is 7.41. The van der Waals surface area contributed by atoms with Crippen molar-refractivity contribution >= 4 is 23.2 Å². The third kappa shape index (κ3) is 3.44. The van der Waals surface area contributed by atoms with Crippen molar-refractivity contribution in [3.8, 4) is 11.3 Å². The summed E-state index contributed by atoms with van der Waals surface area (Å²) in [6.45, 7) is -0.179. The second-order valence-electron chi connectivity index (χ2n) is 4.94. The van der Waals surface area contributed by atoms with Gasteiger partial charge in [-0.3, -0.25) is 4.79 Å². The van der Waals surface area contributed by atoms with Crippen LogP contribution in [0.5, 0.6) is 0 Å². The number of aliphatic hydroxyl groups is 1. The van der Waals surface area contributed by atoms with Gasteiger partial charge in [-0.15, -0.1) is 0 Å². The van der Waals surface area contributed by atoms with Crippen LogP contribution in [-0.2, 0) is 6.61 Å². The maximum absolute atomic E-state index is 12.2. The number of furan rings is 1. The molecule has 2 N–H and O–H groups in total. The number of rotatable bonds is 4. The largest absolute Gasteiger partial charge is 0.459 e. The summed E-state index contributed by atoms with van der Waals surface area (Å²) in [7, 11) is 0. The molecule has 23 heavy (non-hydrogen) atoms. The molecule has 0 aliphatic carbocycles. The van der Waals surface area contributed by atoms with E-state index in [0.717, 1.165) is 0 Å². The summed E-state index contributed by atoms with van der Waals surface area (Å²) in [6.07, 6.45) is 0. The van der Waals surface area contributed by atoms with E-state index in [1.54, 1.807) is 42.5 Å². The normalized spacial score (nSPS) is 10.5. The third-order valence-electron chi connectivity index (χ3n) is 3.34. The summed E-state index contributed by atoms with van der Waals surface area (Å²) in [5, 5.41) is 12.4. The van der Waals surface area contributed by atoms with E-state index < -0.39 is 0 Å². The van der Waals surface area contributed by atoms with E-state index in [4.69, 9.17) is 21.1 Å². The topological polar surface area (TPSA) is 62.5 Å². The van der Waals surface area contributed by atoms with Crippen molar-refractivity contribution in [2.75, 3.05) is 5.32 Å². The van der Waals surface area contributed by atoms with Gasteiger partial charge in [0.25, 0.3) is 5.91 Å². The van der Waals surface area contributed by atoms with E-state index in [-0.39, 0.29) is 12.5 Å². The minimum absolute atomic E-state index is 0.179. The maximum atomic E-state index is 12.2. The van der Waals surface area contributed by atoms with Crippen LogP contribution in [0.15, 0.2) is 65.1 Å². The van der Waals surface area contributed by atoms with E-state index in [9.17, 15) is 4.79 Å². The number of carbonyl (C=O) groups is 1. The van der Waals surface area contributed by atoms with Crippen LogP contribution in [0, 0.1) is 0 Å². The Bertz CT molecular complexity index is 827. The quantitative estimate of drug-likeness (QED) is 0.749. The number of hydrogen-bond acceptors (Lipinski definition) is 3. The molecule has 1 aromatic heterocycles. The molecule has 4 nitrogen and oxygen atoms in total. The predicted molar refractivity (Wildman–Crippen MR) is 89.5 cm³/mol. The molecule has 0 unspecified atom stereocenters. The van der Waals surface area contributed by atoms with Crippen LogP contribution < -0.4 is 5.32 Å². The monoisotopic (exact) mass is 327 g/mol. The molecule has 0 atom stereocenters. The summed E-state index contributed by atoms with van der Waals surface area (Å²) in [6, 6.07) is 17.5. The van der Waals surface area contributed by atoms with Crippen LogP contribution in [0.1, 0.15) is 16.1 Å². The molecule has 3 rings (SSSR count). The predicted octanol–water partition coefficient (Wildman–Crippen LogP) is 4.34. The second kappa shape index (κ2) is 6.69. The van der Waals surface area contributed by atoms with Gasteiger partial charge in [0.2, 0.25) is 0 Å². The standard InChI is InChI=1S/C18H14ClNO3/c19-16-8-6-13(20-18(22)12-4-2-1-3-5-12)10-15(16)17-9-7-14(11-21)23-17/h1-10,21H,11H2,(H,20,22). The average molecular weight is 328 g/mol. The molecule has 0 aliphatic rings. The highest BCUT2D eigenvalue weighted by Gasteiger charge is 2.11. The molecule has 0 saturated carbocycles. The number of amides is 1. The van der Waals surface area contributed by atoms with Crippen molar-refractivity contribution in [2.24, 2.45) is 0 Å². The molecule has 0 bridgehead atoms. The van der Waals surface area contributed by atoms with Crippen molar-refractivity contribution in [3.05, 3.63) is 77.0 Å². The lowest BCUT2D eigenvalue weighted by Gasteiger charge is -2.08. The lowest BCUT2D eigenvalue weighted by Crippen LogP contribution is -2.11. The van der Waals surface area contributed by atoms with Gasteiger partial charge in [-0.05, 0) is 42.5 Å². The van der Waals surface area contributed by atoms with Crippen LogP contribution in [0.25, 0.3) is 11.3 Å². The molecule has 2 aromatic carbocycles. The van der Waals surface area contributed by atoms with E-state index in [1.165, 1.54) is 0 Å². The third-order valence-corrected chi connectivity index (χ3v) is 3.67. The Morgan fingerprint density at radius 2 is 1.87 bits per heavy atom. The van der Waals surface area contributed by atoms with Crippen molar-refractivity contribution in [1.29, 1.82) is 0 Å². The summed E-state index contributed by atoms with van der Waals surface area (Å²) in [5.41, 5.74) is 1.84. The Hall–Kier alpha value is -2.56. The maximum Gasteiger partial charge on any atom is 0.255 e. The van der Waals surface area contributed by atoms with Crippen molar-refractivity contribution < 1.29 is 14.3 Å². The first kappa shape index (κ1) is 15.3. The molecule has 1 heterocycles. The lowest BCUT2D eigenvalue weighted by atomic mass is 10.1. The van der Waals surface area contributed by atoms with Crippen LogP contribution in [0.4, 0.5) is 5.69 Å². The Labute approximate surface area is 138 Å². The van der Waals surface area contributed by atoms with Gasteiger partial charge >= 0.3 is 0 Å². The number of benzene rings is 2. The number of carbonyl (C=O) groups excluding carboxylic acids is 1. The molecule has 0 spiro atoms. The van der Waals surface area contributed by atoms with E-state index >= 15 is 0 Å². The van der Waals surface area contributed by atoms with Crippen LogP contribution in [-0.4, -0.2) is 11.0 Å². The SMILES string of the molecule is O=C(Nc1ccc(Cl)c(-c2ccc(CO)o2)c1)c1ccccc1. The number of nitrogens with one attached hydrogen (secondary N) is 1. The molecule has 116 valence electrons.